The van der Waals surface area contributed by atoms with E-state index in [4.69, 9.17) is 21.0 Å². The lowest BCUT2D eigenvalue weighted by Gasteiger charge is -2.16. The minimum Gasteiger partial charge on any atom is -0.421 e. The Kier molecular flexibility index (Phi) is 5.52. The van der Waals surface area contributed by atoms with E-state index < -0.39 is 0 Å². The molecule has 2 aliphatic heterocycles. The number of hydrogen-bond donors (Lipinski definition) is 0. The van der Waals surface area contributed by atoms with Crippen molar-refractivity contribution < 1.29 is 13.6 Å². The molecule has 1 amide bonds. The summed E-state index contributed by atoms with van der Waals surface area (Å²) in [5, 5.41) is 9.81. The van der Waals surface area contributed by atoms with Crippen molar-refractivity contribution in [2.24, 2.45) is 0 Å². The van der Waals surface area contributed by atoms with E-state index in [0.717, 1.165) is 50.3 Å². The summed E-state index contributed by atoms with van der Waals surface area (Å²) in [7, 11) is 0. The average molecular weight is 546 g/mol. The number of rotatable bonds is 5. The number of halogens is 2. The molecule has 6 heterocycles. The fourth-order valence-electron chi connectivity index (χ4n) is 5.57. The number of hydrogen-bond acceptors (Lipinski definition) is 7. The van der Waals surface area contributed by atoms with Gasteiger partial charge in [0.2, 0.25) is 11.8 Å². The molecule has 0 N–H and O–H groups in total. The first kappa shape index (κ1) is 23.4. The maximum atomic E-state index is 13.8. The Bertz CT molecular complexity index is 1730. The van der Waals surface area contributed by atoms with Gasteiger partial charge in [0, 0.05) is 30.1 Å². The van der Waals surface area contributed by atoms with Crippen LogP contribution in [0.2, 0.25) is 5.15 Å². The SMILES string of the molecule is Cc1nnc(-c2c(CCc3ccc(F)cc3)nc3c(c2-c2cc4ccnc(Cl)c4s2)C(=O)N2CCC[C@@H]32)o1. The van der Waals surface area contributed by atoms with Crippen LogP contribution < -0.4 is 0 Å². The van der Waals surface area contributed by atoms with Crippen molar-refractivity contribution in [3.8, 4) is 21.9 Å². The van der Waals surface area contributed by atoms with Crippen LogP contribution in [0.25, 0.3) is 32.0 Å². The number of amides is 1. The summed E-state index contributed by atoms with van der Waals surface area (Å²) in [5.41, 5.74) is 4.58. The molecule has 0 aliphatic carbocycles. The van der Waals surface area contributed by atoms with Gasteiger partial charge in [-0.3, -0.25) is 9.78 Å². The second-order valence-electron chi connectivity index (χ2n) is 9.61. The molecule has 5 aromatic rings. The topological polar surface area (TPSA) is 85.0 Å². The van der Waals surface area contributed by atoms with Gasteiger partial charge in [-0.2, -0.15) is 0 Å². The number of nitrogens with zero attached hydrogens (tertiary/aromatic N) is 5. The largest absolute Gasteiger partial charge is 0.421 e. The van der Waals surface area contributed by atoms with Crippen molar-refractivity contribution in [1.29, 1.82) is 0 Å². The number of carbonyl (C=O) groups excluding carboxylic acids is 1. The Morgan fingerprint density at radius 1 is 1.13 bits per heavy atom. The van der Waals surface area contributed by atoms with E-state index in [-0.39, 0.29) is 17.8 Å². The summed E-state index contributed by atoms with van der Waals surface area (Å²) < 4.78 is 20.3. The van der Waals surface area contributed by atoms with Gasteiger partial charge >= 0.3 is 0 Å². The van der Waals surface area contributed by atoms with Gasteiger partial charge in [0.05, 0.1) is 33.3 Å². The minimum absolute atomic E-state index is 0.0192. The quantitative estimate of drug-likeness (QED) is 0.232. The fraction of sp³-hybridized carbons (Fsp3) is 0.250. The molecule has 1 atom stereocenters. The Hall–Kier alpha value is -3.69. The standard InChI is InChI=1S/C28H21ClFN5O2S/c1-14-33-34-27(37-14)21-18(9-6-15-4-7-17(30)8-5-15)32-24-19-3-2-12-35(19)28(36)23(24)22(21)20-13-16-10-11-31-26(29)25(16)38-20/h4-5,7-8,10-11,13,19H,2-3,6,9,12H2,1H3/t19-/m0/s1. The molecule has 7 rings (SSSR count). The highest BCUT2D eigenvalue weighted by Crippen LogP contribution is 2.50. The molecule has 0 bridgehead atoms. The summed E-state index contributed by atoms with van der Waals surface area (Å²) in [4.78, 5) is 26.0. The number of pyridine rings is 2. The van der Waals surface area contributed by atoms with Crippen molar-refractivity contribution in [3.05, 3.63) is 82.0 Å². The van der Waals surface area contributed by atoms with Gasteiger partial charge in [0.15, 0.2) is 0 Å². The Balaban J connectivity index is 1.49. The van der Waals surface area contributed by atoms with Gasteiger partial charge < -0.3 is 9.32 Å². The zero-order valence-corrected chi connectivity index (χ0v) is 21.9. The second-order valence-corrected chi connectivity index (χ2v) is 11.0. The van der Waals surface area contributed by atoms with Crippen LogP contribution in [0.1, 0.15) is 52.1 Å². The van der Waals surface area contributed by atoms with Crippen LogP contribution in [0.3, 0.4) is 0 Å². The normalized spacial score (nSPS) is 16.4. The van der Waals surface area contributed by atoms with Crippen LogP contribution >= 0.6 is 22.9 Å². The van der Waals surface area contributed by atoms with Gasteiger partial charge in [0.25, 0.3) is 5.91 Å². The number of aryl methyl sites for hydroxylation is 3. The van der Waals surface area contributed by atoms with E-state index in [1.165, 1.54) is 23.5 Å². The molecule has 0 spiro atoms. The molecule has 190 valence electrons. The molecule has 38 heavy (non-hydrogen) atoms. The van der Waals surface area contributed by atoms with Crippen molar-refractivity contribution in [2.75, 3.05) is 6.54 Å². The third-order valence-corrected chi connectivity index (χ3v) is 8.86. The van der Waals surface area contributed by atoms with Crippen LogP contribution in [0.15, 0.2) is 47.0 Å². The molecule has 2 aliphatic rings. The van der Waals surface area contributed by atoms with Crippen LogP contribution in [-0.4, -0.2) is 37.5 Å². The number of aromatic nitrogens is 4. The van der Waals surface area contributed by atoms with E-state index in [0.29, 0.717) is 47.4 Å². The molecule has 0 saturated carbocycles. The van der Waals surface area contributed by atoms with Gasteiger partial charge in [-0.1, -0.05) is 23.7 Å². The van der Waals surface area contributed by atoms with Crippen molar-refractivity contribution in [3.63, 3.8) is 0 Å². The number of fused-ring (bicyclic) bond motifs is 4. The van der Waals surface area contributed by atoms with Crippen LogP contribution in [-0.2, 0) is 12.8 Å². The van der Waals surface area contributed by atoms with E-state index in [2.05, 4.69) is 15.2 Å². The smallest absolute Gasteiger partial charge is 0.257 e. The summed E-state index contributed by atoms with van der Waals surface area (Å²) >= 11 is 7.94. The van der Waals surface area contributed by atoms with Crippen LogP contribution in [0.5, 0.6) is 0 Å². The maximum Gasteiger partial charge on any atom is 0.257 e. The molecule has 4 aromatic heterocycles. The predicted octanol–water partition coefficient (Wildman–Crippen LogP) is 6.59. The first-order valence-electron chi connectivity index (χ1n) is 12.4. The minimum atomic E-state index is -0.272. The Morgan fingerprint density at radius 3 is 2.74 bits per heavy atom. The zero-order chi connectivity index (χ0) is 26.0. The summed E-state index contributed by atoms with van der Waals surface area (Å²) in [5.74, 6) is 0.454. The summed E-state index contributed by atoms with van der Waals surface area (Å²) in [6.45, 7) is 2.45. The molecule has 0 radical (unpaired) electrons. The van der Waals surface area contributed by atoms with Gasteiger partial charge in [-0.15, -0.1) is 21.5 Å². The average Bonchev–Trinajstić information content (AvgIpc) is 3.69. The number of thiophene rings is 1. The van der Waals surface area contributed by atoms with Crippen LogP contribution in [0, 0.1) is 12.7 Å². The third kappa shape index (κ3) is 3.72. The van der Waals surface area contributed by atoms with Crippen molar-refractivity contribution in [1.82, 2.24) is 25.1 Å². The molecule has 1 aromatic carbocycles. The zero-order valence-electron chi connectivity index (χ0n) is 20.4. The Morgan fingerprint density at radius 2 is 1.97 bits per heavy atom. The third-order valence-electron chi connectivity index (χ3n) is 7.28. The molecule has 7 nitrogen and oxygen atoms in total. The van der Waals surface area contributed by atoms with Crippen molar-refractivity contribution in [2.45, 2.75) is 38.6 Å². The van der Waals surface area contributed by atoms with Gasteiger partial charge in [0.1, 0.15) is 11.0 Å². The number of benzene rings is 1. The lowest BCUT2D eigenvalue weighted by molar-refractivity contribution is 0.0776. The first-order valence-corrected chi connectivity index (χ1v) is 13.6. The molecule has 1 saturated heterocycles. The molecular weight excluding hydrogens is 525 g/mol. The monoisotopic (exact) mass is 545 g/mol. The highest BCUT2D eigenvalue weighted by molar-refractivity contribution is 7.22. The highest BCUT2D eigenvalue weighted by Gasteiger charge is 2.44. The summed E-state index contributed by atoms with van der Waals surface area (Å²) in [6.07, 6.45) is 4.69. The van der Waals surface area contributed by atoms with E-state index in [9.17, 15) is 9.18 Å². The summed E-state index contributed by atoms with van der Waals surface area (Å²) in [6, 6.07) is 10.4. The highest BCUT2D eigenvalue weighted by atomic mass is 35.5. The second kappa shape index (κ2) is 8.96. The molecular formula is C28H21ClFN5O2S. The van der Waals surface area contributed by atoms with Gasteiger partial charge in [-0.05, 0) is 60.9 Å². The molecule has 0 unspecified atom stereocenters. The maximum absolute atomic E-state index is 13.8. The Labute approximate surface area is 226 Å². The van der Waals surface area contributed by atoms with Gasteiger partial charge in [-0.25, -0.2) is 9.37 Å². The lowest BCUT2D eigenvalue weighted by atomic mass is 9.93. The first-order chi connectivity index (χ1) is 18.5. The lowest BCUT2D eigenvalue weighted by Crippen LogP contribution is -2.22. The molecule has 1 fully saturated rings. The predicted molar refractivity (Wildman–Crippen MR) is 143 cm³/mol. The van der Waals surface area contributed by atoms with E-state index in [1.54, 1.807) is 25.3 Å². The van der Waals surface area contributed by atoms with E-state index in [1.807, 2.05) is 17.0 Å². The van der Waals surface area contributed by atoms with Crippen molar-refractivity contribution >= 4 is 38.9 Å². The van der Waals surface area contributed by atoms with E-state index >= 15 is 0 Å². The molecule has 10 heteroatoms. The van der Waals surface area contributed by atoms with Crippen LogP contribution in [0.4, 0.5) is 4.39 Å². The number of carbonyl (C=O) groups is 1. The fourth-order valence-corrected chi connectivity index (χ4v) is 6.95.